The van der Waals surface area contributed by atoms with Gasteiger partial charge in [0, 0.05) is 23.7 Å². The highest BCUT2D eigenvalue weighted by Gasteiger charge is 2.27. The van der Waals surface area contributed by atoms with Gasteiger partial charge < -0.3 is 10.7 Å². The summed E-state index contributed by atoms with van der Waals surface area (Å²) in [4.78, 5) is 8.62. The van der Waals surface area contributed by atoms with Crippen molar-refractivity contribution >= 4 is 17.3 Å². The van der Waals surface area contributed by atoms with Crippen molar-refractivity contribution in [3.05, 3.63) is 41.7 Å². The standard InChI is InChI=1S/C13H13F2N5/c14-9-4-3-8(5-10(9)15)17-11-6-12(20-16)19-13(18-11)7-1-2-7/h3-7H,1-2,16H2,(H2,17,18,19,20). The maximum atomic E-state index is 13.2. The van der Waals surface area contributed by atoms with Gasteiger partial charge >= 0.3 is 0 Å². The summed E-state index contributed by atoms with van der Waals surface area (Å²) in [6.07, 6.45) is 2.11. The fourth-order valence-electron chi connectivity index (χ4n) is 1.85. The Labute approximate surface area is 114 Å². The van der Waals surface area contributed by atoms with Crippen molar-refractivity contribution in [2.75, 3.05) is 10.7 Å². The molecule has 5 nitrogen and oxygen atoms in total. The second kappa shape index (κ2) is 5.01. The number of benzene rings is 1. The van der Waals surface area contributed by atoms with E-state index < -0.39 is 11.6 Å². The molecular weight excluding hydrogens is 264 g/mol. The number of hydrogen-bond donors (Lipinski definition) is 3. The Morgan fingerprint density at radius 1 is 1.05 bits per heavy atom. The number of rotatable bonds is 4. The molecule has 7 heteroatoms. The molecule has 1 aromatic carbocycles. The SMILES string of the molecule is NNc1cc(Nc2ccc(F)c(F)c2)nc(C2CC2)n1. The first-order valence-electron chi connectivity index (χ1n) is 6.23. The van der Waals surface area contributed by atoms with Crippen LogP contribution in [0.25, 0.3) is 0 Å². The molecular formula is C13H13F2N5. The number of nitrogen functional groups attached to an aromatic ring is 1. The minimum absolute atomic E-state index is 0.355. The van der Waals surface area contributed by atoms with Gasteiger partial charge in [0.1, 0.15) is 17.5 Å². The van der Waals surface area contributed by atoms with Crippen molar-refractivity contribution in [3.8, 4) is 0 Å². The first-order chi connectivity index (χ1) is 9.65. The van der Waals surface area contributed by atoms with Gasteiger partial charge in [0.25, 0.3) is 0 Å². The van der Waals surface area contributed by atoms with E-state index >= 15 is 0 Å². The van der Waals surface area contributed by atoms with Gasteiger partial charge in [0.05, 0.1) is 0 Å². The summed E-state index contributed by atoms with van der Waals surface area (Å²) < 4.78 is 26.0. The molecule has 0 spiro atoms. The van der Waals surface area contributed by atoms with Crippen LogP contribution in [0.15, 0.2) is 24.3 Å². The van der Waals surface area contributed by atoms with Crippen molar-refractivity contribution in [1.29, 1.82) is 0 Å². The molecule has 1 heterocycles. The van der Waals surface area contributed by atoms with Crippen molar-refractivity contribution in [1.82, 2.24) is 9.97 Å². The lowest BCUT2D eigenvalue weighted by Gasteiger charge is -2.09. The molecule has 1 fully saturated rings. The van der Waals surface area contributed by atoms with Crippen molar-refractivity contribution in [2.45, 2.75) is 18.8 Å². The Bertz CT molecular complexity index is 643. The maximum Gasteiger partial charge on any atom is 0.160 e. The zero-order valence-corrected chi connectivity index (χ0v) is 10.5. The Hall–Kier alpha value is -2.28. The van der Waals surface area contributed by atoms with E-state index in [1.807, 2.05) is 0 Å². The highest BCUT2D eigenvalue weighted by Crippen LogP contribution is 2.39. The predicted octanol–water partition coefficient (Wildman–Crippen LogP) is 2.66. The van der Waals surface area contributed by atoms with Crippen molar-refractivity contribution < 1.29 is 8.78 Å². The number of hydrazine groups is 1. The van der Waals surface area contributed by atoms with Crippen LogP contribution in [-0.4, -0.2) is 9.97 Å². The Morgan fingerprint density at radius 2 is 1.80 bits per heavy atom. The predicted molar refractivity (Wildman–Crippen MR) is 71.5 cm³/mol. The average Bonchev–Trinajstić information content (AvgIpc) is 3.27. The van der Waals surface area contributed by atoms with Crippen molar-refractivity contribution in [2.24, 2.45) is 5.84 Å². The molecule has 20 heavy (non-hydrogen) atoms. The van der Waals surface area contributed by atoms with Crippen LogP contribution in [0.2, 0.25) is 0 Å². The van der Waals surface area contributed by atoms with Gasteiger partial charge in [-0.3, -0.25) is 0 Å². The molecule has 3 rings (SSSR count). The largest absolute Gasteiger partial charge is 0.340 e. The third-order valence-corrected chi connectivity index (χ3v) is 3.03. The lowest BCUT2D eigenvalue weighted by molar-refractivity contribution is 0.509. The highest BCUT2D eigenvalue weighted by molar-refractivity contribution is 5.59. The number of anilines is 3. The molecule has 0 aliphatic heterocycles. The first-order valence-corrected chi connectivity index (χ1v) is 6.23. The fourth-order valence-corrected chi connectivity index (χ4v) is 1.85. The van der Waals surface area contributed by atoms with Crippen LogP contribution in [0.4, 0.5) is 26.1 Å². The van der Waals surface area contributed by atoms with E-state index in [0.717, 1.165) is 25.0 Å². The summed E-state index contributed by atoms with van der Waals surface area (Å²) in [5.74, 6) is 5.59. The molecule has 1 aromatic heterocycles. The summed E-state index contributed by atoms with van der Waals surface area (Å²) in [5, 5.41) is 2.92. The second-order valence-corrected chi connectivity index (χ2v) is 4.67. The van der Waals surface area contributed by atoms with E-state index in [-0.39, 0.29) is 0 Å². The summed E-state index contributed by atoms with van der Waals surface area (Å²) in [6.45, 7) is 0. The molecule has 0 radical (unpaired) electrons. The Kier molecular flexibility index (Phi) is 3.19. The quantitative estimate of drug-likeness (QED) is 0.591. The Morgan fingerprint density at radius 3 is 2.45 bits per heavy atom. The van der Waals surface area contributed by atoms with E-state index in [9.17, 15) is 8.78 Å². The maximum absolute atomic E-state index is 13.2. The van der Waals surface area contributed by atoms with Gasteiger partial charge in [-0.2, -0.15) is 0 Å². The molecule has 104 valence electrons. The molecule has 0 bridgehead atoms. The van der Waals surface area contributed by atoms with Crippen LogP contribution < -0.4 is 16.6 Å². The van der Waals surface area contributed by atoms with Crippen LogP contribution in [0.1, 0.15) is 24.6 Å². The summed E-state index contributed by atoms with van der Waals surface area (Å²) in [7, 11) is 0. The molecule has 0 unspecified atom stereocenters. The third-order valence-electron chi connectivity index (χ3n) is 3.03. The van der Waals surface area contributed by atoms with E-state index in [4.69, 9.17) is 5.84 Å². The van der Waals surface area contributed by atoms with Crippen LogP contribution in [0, 0.1) is 11.6 Å². The molecule has 0 atom stereocenters. The van der Waals surface area contributed by atoms with E-state index in [1.54, 1.807) is 6.07 Å². The van der Waals surface area contributed by atoms with E-state index in [0.29, 0.717) is 29.1 Å². The zero-order chi connectivity index (χ0) is 14.1. The zero-order valence-electron chi connectivity index (χ0n) is 10.5. The molecule has 0 saturated heterocycles. The molecule has 1 aliphatic carbocycles. The van der Waals surface area contributed by atoms with Gasteiger partial charge in [-0.1, -0.05) is 0 Å². The average molecular weight is 277 g/mol. The molecule has 0 amide bonds. The van der Waals surface area contributed by atoms with E-state index in [1.165, 1.54) is 6.07 Å². The number of nitrogens with one attached hydrogen (secondary N) is 2. The topological polar surface area (TPSA) is 75.9 Å². The van der Waals surface area contributed by atoms with Crippen LogP contribution in [-0.2, 0) is 0 Å². The van der Waals surface area contributed by atoms with Crippen LogP contribution in [0.3, 0.4) is 0 Å². The highest BCUT2D eigenvalue weighted by atomic mass is 19.2. The lowest BCUT2D eigenvalue weighted by Crippen LogP contribution is -2.11. The van der Waals surface area contributed by atoms with E-state index in [2.05, 4.69) is 20.7 Å². The minimum Gasteiger partial charge on any atom is -0.340 e. The molecule has 4 N–H and O–H groups in total. The van der Waals surface area contributed by atoms with Gasteiger partial charge in [-0.05, 0) is 25.0 Å². The summed E-state index contributed by atoms with van der Waals surface area (Å²) in [5.41, 5.74) is 2.88. The first kappa shape index (κ1) is 12.7. The number of halogens is 2. The molecule has 2 aromatic rings. The van der Waals surface area contributed by atoms with Gasteiger partial charge in [0.15, 0.2) is 11.6 Å². The minimum atomic E-state index is -0.913. The van der Waals surface area contributed by atoms with Gasteiger partial charge in [0.2, 0.25) is 0 Å². The fraction of sp³-hybridized carbons (Fsp3) is 0.231. The van der Waals surface area contributed by atoms with Crippen LogP contribution in [0.5, 0.6) is 0 Å². The summed E-state index contributed by atoms with van der Waals surface area (Å²) >= 11 is 0. The molecule has 1 saturated carbocycles. The lowest BCUT2D eigenvalue weighted by atomic mass is 10.3. The second-order valence-electron chi connectivity index (χ2n) is 4.67. The monoisotopic (exact) mass is 277 g/mol. The van der Waals surface area contributed by atoms with Crippen LogP contribution >= 0.6 is 0 Å². The third kappa shape index (κ3) is 2.67. The molecule has 1 aliphatic rings. The number of hydrogen-bond acceptors (Lipinski definition) is 5. The van der Waals surface area contributed by atoms with Crippen molar-refractivity contribution in [3.63, 3.8) is 0 Å². The number of nitrogens with zero attached hydrogens (tertiary/aromatic N) is 2. The number of aromatic nitrogens is 2. The Balaban J connectivity index is 1.88. The summed E-state index contributed by atoms with van der Waals surface area (Å²) in [6, 6.07) is 5.17. The van der Waals surface area contributed by atoms with Gasteiger partial charge in [-0.25, -0.2) is 24.6 Å². The van der Waals surface area contributed by atoms with Gasteiger partial charge in [-0.15, -0.1) is 0 Å². The smallest absolute Gasteiger partial charge is 0.160 e. The normalized spacial score (nSPS) is 14.2. The number of nitrogens with two attached hydrogens (primary N) is 1.